The fourth-order valence-corrected chi connectivity index (χ4v) is 3.08. The van der Waals surface area contributed by atoms with E-state index < -0.39 is 12.5 Å². The van der Waals surface area contributed by atoms with Crippen molar-refractivity contribution >= 4 is 28.5 Å². The van der Waals surface area contributed by atoms with Crippen LogP contribution in [0.2, 0.25) is 0 Å². The highest BCUT2D eigenvalue weighted by atomic mass is 32.1. The molecular weight excluding hydrogens is 388 g/mol. The summed E-state index contributed by atoms with van der Waals surface area (Å²) in [6.45, 7) is -3.02. The number of methoxy groups -OCH3 is 1. The molecule has 3 aromatic rings. The van der Waals surface area contributed by atoms with E-state index in [-0.39, 0.29) is 17.1 Å². The van der Waals surface area contributed by atoms with Crippen molar-refractivity contribution in [3.8, 4) is 22.1 Å². The Morgan fingerprint density at radius 2 is 1.93 bits per heavy atom. The number of hydrogen-bond donors (Lipinski definition) is 1. The van der Waals surface area contributed by atoms with Crippen molar-refractivity contribution in [1.29, 1.82) is 0 Å². The summed E-state index contributed by atoms with van der Waals surface area (Å²) in [5.74, 6) is -0.493. The number of rotatable bonds is 7. The molecule has 6 nitrogen and oxygen atoms in total. The first-order chi connectivity index (χ1) is 13.6. The number of alkyl halides is 2. The quantitative estimate of drug-likeness (QED) is 0.590. The van der Waals surface area contributed by atoms with Gasteiger partial charge < -0.3 is 9.47 Å². The first kappa shape index (κ1) is 19.4. The number of para-hydroxylation sites is 1. The van der Waals surface area contributed by atoms with Gasteiger partial charge in [0.2, 0.25) is 11.0 Å². The lowest BCUT2D eigenvalue weighted by Crippen LogP contribution is -2.08. The second kappa shape index (κ2) is 9.05. The maximum absolute atomic E-state index is 12.7. The Balaban J connectivity index is 1.72. The van der Waals surface area contributed by atoms with Crippen molar-refractivity contribution in [3.63, 3.8) is 0 Å². The molecule has 1 aromatic heterocycles. The fourth-order valence-electron chi connectivity index (χ4n) is 2.32. The Hall–Kier alpha value is -3.33. The van der Waals surface area contributed by atoms with Crippen molar-refractivity contribution in [2.24, 2.45) is 0 Å². The van der Waals surface area contributed by atoms with E-state index in [1.54, 1.807) is 6.07 Å². The molecule has 0 spiro atoms. The predicted molar refractivity (Wildman–Crippen MR) is 103 cm³/mol. The molecule has 1 N–H and O–H groups in total. The minimum Gasteiger partial charge on any atom is -0.493 e. The Morgan fingerprint density at radius 1 is 1.14 bits per heavy atom. The van der Waals surface area contributed by atoms with Crippen molar-refractivity contribution < 1.29 is 23.0 Å². The minimum absolute atomic E-state index is 0.138. The van der Waals surface area contributed by atoms with Gasteiger partial charge in [0.15, 0.2) is 11.5 Å². The number of ether oxygens (including phenoxy) is 2. The first-order valence-electron chi connectivity index (χ1n) is 8.06. The molecule has 0 aliphatic heterocycles. The van der Waals surface area contributed by atoms with Crippen LogP contribution in [0.5, 0.6) is 11.5 Å². The average molecular weight is 403 g/mol. The maximum atomic E-state index is 12.7. The van der Waals surface area contributed by atoms with Gasteiger partial charge in [0, 0.05) is 17.2 Å². The lowest BCUT2D eigenvalue weighted by molar-refractivity contribution is -0.111. The van der Waals surface area contributed by atoms with E-state index in [1.165, 1.54) is 42.7 Å². The number of aromatic nitrogens is 2. The minimum atomic E-state index is -3.02. The molecule has 0 fully saturated rings. The van der Waals surface area contributed by atoms with Gasteiger partial charge in [0.25, 0.3) is 0 Å². The van der Waals surface area contributed by atoms with E-state index in [0.29, 0.717) is 10.1 Å². The highest BCUT2D eigenvalue weighted by Crippen LogP contribution is 2.33. The number of nitrogens with one attached hydrogen (secondary N) is 1. The third-order valence-electron chi connectivity index (χ3n) is 3.53. The summed E-state index contributed by atoms with van der Waals surface area (Å²) in [4.78, 5) is 12.1. The SMILES string of the molecule is COc1cccc(/C=C/C(=O)Nc2nnc(-c3ccccc3)s2)c1OC(F)F. The summed E-state index contributed by atoms with van der Waals surface area (Å²) >= 11 is 1.22. The van der Waals surface area contributed by atoms with Crippen molar-refractivity contribution in [3.05, 3.63) is 60.2 Å². The van der Waals surface area contributed by atoms with Gasteiger partial charge in [-0.2, -0.15) is 8.78 Å². The molecule has 2 aromatic carbocycles. The number of hydrogen-bond acceptors (Lipinski definition) is 6. The van der Waals surface area contributed by atoms with E-state index in [2.05, 4.69) is 20.3 Å². The summed E-state index contributed by atoms with van der Waals surface area (Å²) in [6, 6.07) is 14.0. The standard InChI is InChI=1S/C19H15F2N3O3S/c1-26-14-9-5-8-12(16(14)27-18(20)21)10-11-15(25)22-19-24-23-17(28-19)13-6-3-2-4-7-13/h2-11,18H,1H3,(H,22,24,25)/b11-10+. The molecule has 0 unspecified atom stereocenters. The van der Waals surface area contributed by atoms with Crippen LogP contribution in [0.25, 0.3) is 16.6 Å². The third kappa shape index (κ3) is 4.89. The molecule has 0 atom stereocenters. The number of halogens is 2. The molecule has 0 radical (unpaired) electrons. The molecule has 28 heavy (non-hydrogen) atoms. The van der Waals surface area contributed by atoms with Crippen LogP contribution in [0.4, 0.5) is 13.9 Å². The number of carbonyl (C=O) groups is 1. The third-order valence-corrected chi connectivity index (χ3v) is 4.41. The van der Waals surface area contributed by atoms with Gasteiger partial charge in [-0.15, -0.1) is 10.2 Å². The zero-order valence-electron chi connectivity index (χ0n) is 14.6. The lowest BCUT2D eigenvalue weighted by Gasteiger charge is -2.12. The van der Waals surface area contributed by atoms with Gasteiger partial charge in [0.05, 0.1) is 7.11 Å². The van der Waals surface area contributed by atoms with Gasteiger partial charge in [-0.3, -0.25) is 10.1 Å². The number of carbonyl (C=O) groups excluding carboxylic acids is 1. The van der Waals surface area contributed by atoms with Crippen molar-refractivity contribution in [2.45, 2.75) is 6.61 Å². The van der Waals surface area contributed by atoms with E-state index in [9.17, 15) is 13.6 Å². The normalized spacial score (nSPS) is 11.0. The van der Waals surface area contributed by atoms with Crippen LogP contribution in [0.3, 0.4) is 0 Å². The Bertz CT molecular complexity index is 978. The molecular formula is C19H15F2N3O3S. The molecule has 0 aliphatic carbocycles. The summed E-state index contributed by atoms with van der Waals surface area (Å²) < 4.78 is 34.8. The largest absolute Gasteiger partial charge is 0.493 e. The van der Waals surface area contributed by atoms with Crippen LogP contribution >= 0.6 is 11.3 Å². The predicted octanol–water partition coefficient (Wildman–Crippen LogP) is 4.47. The number of amides is 1. The first-order valence-corrected chi connectivity index (χ1v) is 8.88. The van der Waals surface area contributed by atoms with Gasteiger partial charge in [-0.05, 0) is 12.1 Å². The van der Waals surface area contributed by atoms with Crippen LogP contribution in [0.1, 0.15) is 5.56 Å². The summed E-state index contributed by atoms with van der Waals surface area (Å²) in [5, 5.41) is 11.5. The Kier molecular flexibility index (Phi) is 6.28. The number of benzene rings is 2. The van der Waals surface area contributed by atoms with E-state index in [1.807, 2.05) is 30.3 Å². The summed E-state index contributed by atoms with van der Waals surface area (Å²) in [7, 11) is 1.34. The lowest BCUT2D eigenvalue weighted by atomic mass is 10.1. The van der Waals surface area contributed by atoms with Crippen LogP contribution in [0.15, 0.2) is 54.6 Å². The van der Waals surface area contributed by atoms with E-state index in [4.69, 9.17) is 4.74 Å². The number of anilines is 1. The van der Waals surface area contributed by atoms with Crippen LogP contribution < -0.4 is 14.8 Å². The molecule has 1 heterocycles. The second-order valence-corrected chi connectivity index (χ2v) is 6.34. The topological polar surface area (TPSA) is 73.3 Å². The van der Waals surface area contributed by atoms with Gasteiger partial charge in [-0.1, -0.05) is 53.8 Å². The molecule has 3 rings (SSSR count). The Morgan fingerprint density at radius 3 is 2.64 bits per heavy atom. The zero-order chi connectivity index (χ0) is 19.9. The van der Waals surface area contributed by atoms with Crippen LogP contribution in [0, 0.1) is 0 Å². The molecule has 0 saturated carbocycles. The van der Waals surface area contributed by atoms with Gasteiger partial charge in [0.1, 0.15) is 5.01 Å². The average Bonchev–Trinajstić information content (AvgIpc) is 3.16. The molecule has 0 bridgehead atoms. The van der Waals surface area contributed by atoms with E-state index in [0.717, 1.165) is 5.56 Å². The second-order valence-electron chi connectivity index (χ2n) is 5.36. The van der Waals surface area contributed by atoms with Crippen molar-refractivity contribution in [2.75, 3.05) is 12.4 Å². The van der Waals surface area contributed by atoms with Gasteiger partial charge >= 0.3 is 6.61 Å². The smallest absolute Gasteiger partial charge is 0.387 e. The summed E-state index contributed by atoms with van der Waals surface area (Å²) in [6.07, 6.45) is 2.55. The number of nitrogens with zero attached hydrogens (tertiary/aromatic N) is 2. The monoisotopic (exact) mass is 403 g/mol. The molecule has 9 heteroatoms. The molecule has 0 aliphatic rings. The highest BCUT2D eigenvalue weighted by Gasteiger charge is 2.14. The maximum Gasteiger partial charge on any atom is 0.387 e. The van der Waals surface area contributed by atoms with Crippen LogP contribution in [-0.4, -0.2) is 29.8 Å². The molecule has 1 amide bonds. The molecule has 0 saturated heterocycles. The van der Waals surface area contributed by atoms with Gasteiger partial charge in [-0.25, -0.2) is 0 Å². The van der Waals surface area contributed by atoms with E-state index >= 15 is 0 Å². The van der Waals surface area contributed by atoms with Crippen LogP contribution in [-0.2, 0) is 4.79 Å². The highest BCUT2D eigenvalue weighted by molar-refractivity contribution is 7.18. The summed E-state index contributed by atoms with van der Waals surface area (Å²) in [5.41, 5.74) is 1.17. The van der Waals surface area contributed by atoms with Crippen molar-refractivity contribution in [1.82, 2.24) is 10.2 Å². The zero-order valence-corrected chi connectivity index (χ0v) is 15.5. The molecule has 144 valence electrons. The fraction of sp³-hybridized carbons (Fsp3) is 0.105. The Labute approximate surface area is 163 Å².